The molecule has 0 spiro atoms. The Morgan fingerprint density at radius 3 is 2.33 bits per heavy atom. The number of nitrogens with one attached hydrogen (secondary N) is 2. The minimum Gasteiger partial charge on any atom is -0.494 e. The maximum Gasteiger partial charge on any atom is 0.121 e. The number of ether oxygens (including phenoxy) is 1. The van der Waals surface area contributed by atoms with Crippen LogP contribution in [-0.2, 0) is 0 Å². The molecular formula is C21H30N2O. The molecule has 3 heteroatoms. The van der Waals surface area contributed by atoms with Crippen molar-refractivity contribution in [3.63, 3.8) is 0 Å². The summed E-state index contributed by atoms with van der Waals surface area (Å²) in [7, 11) is 0. The summed E-state index contributed by atoms with van der Waals surface area (Å²) < 4.78 is 5.75. The van der Waals surface area contributed by atoms with Crippen LogP contribution in [0.2, 0.25) is 0 Å². The normalized spacial score (nSPS) is 10.5. The molecule has 2 aromatic carbocycles. The van der Waals surface area contributed by atoms with Gasteiger partial charge in [-0.25, -0.2) is 0 Å². The Kier molecular flexibility index (Phi) is 6.98. The van der Waals surface area contributed by atoms with E-state index in [0.29, 0.717) is 0 Å². The lowest BCUT2D eigenvalue weighted by Crippen LogP contribution is -2.15. The Morgan fingerprint density at radius 1 is 0.917 bits per heavy atom. The highest BCUT2D eigenvalue weighted by atomic mass is 16.5. The van der Waals surface area contributed by atoms with Gasteiger partial charge in [0.05, 0.1) is 6.61 Å². The lowest BCUT2D eigenvalue weighted by molar-refractivity contribution is 0.309. The summed E-state index contributed by atoms with van der Waals surface area (Å²) in [5.41, 5.74) is 6.27. The number of hydrogen-bond donors (Lipinski definition) is 2. The summed E-state index contributed by atoms with van der Waals surface area (Å²) in [6.45, 7) is 11.2. The van der Waals surface area contributed by atoms with Crippen LogP contribution in [0.1, 0.15) is 36.5 Å². The number of aryl methyl sites for hydroxylation is 3. The Labute approximate surface area is 146 Å². The highest BCUT2D eigenvalue weighted by Gasteiger charge is 2.03. The van der Waals surface area contributed by atoms with Crippen LogP contribution in [-0.4, -0.2) is 19.7 Å². The van der Waals surface area contributed by atoms with E-state index in [1.807, 2.05) is 12.1 Å². The monoisotopic (exact) mass is 326 g/mol. The van der Waals surface area contributed by atoms with Crippen LogP contribution in [0.15, 0.2) is 36.4 Å². The summed E-state index contributed by atoms with van der Waals surface area (Å²) in [6.07, 6.45) is 2.25. The van der Waals surface area contributed by atoms with Crippen LogP contribution < -0.4 is 15.4 Å². The fourth-order valence-corrected chi connectivity index (χ4v) is 2.88. The van der Waals surface area contributed by atoms with Crippen LogP contribution >= 0.6 is 0 Å². The fraction of sp³-hybridized carbons (Fsp3) is 0.429. The van der Waals surface area contributed by atoms with Gasteiger partial charge >= 0.3 is 0 Å². The van der Waals surface area contributed by atoms with Crippen LogP contribution in [0.4, 0.5) is 11.4 Å². The summed E-state index contributed by atoms with van der Waals surface area (Å²) >= 11 is 0. The van der Waals surface area contributed by atoms with Gasteiger partial charge in [-0.15, -0.1) is 0 Å². The summed E-state index contributed by atoms with van der Waals surface area (Å²) in [4.78, 5) is 0. The zero-order valence-corrected chi connectivity index (χ0v) is 15.4. The third-order valence-corrected chi connectivity index (χ3v) is 4.03. The first-order valence-electron chi connectivity index (χ1n) is 8.88. The quantitative estimate of drug-likeness (QED) is 0.612. The molecule has 2 rings (SSSR count). The second-order valence-corrected chi connectivity index (χ2v) is 6.36. The molecule has 0 saturated carbocycles. The number of benzene rings is 2. The van der Waals surface area contributed by atoms with Gasteiger partial charge in [-0.3, -0.25) is 0 Å². The van der Waals surface area contributed by atoms with Gasteiger partial charge in [0.2, 0.25) is 0 Å². The van der Waals surface area contributed by atoms with Gasteiger partial charge in [-0.05, 0) is 50.5 Å². The Morgan fingerprint density at radius 2 is 1.62 bits per heavy atom. The second-order valence-electron chi connectivity index (χ2n) is 6.36. The molecule has 0 fully saturated rings. The van der Waals surface area contributed by atoms with Crippen molar-refractivity contribution in [3.05, 3.63) is 53.1 Å². The van der Waals surface area contributed by atoms with E-state index in [9.17, 15) is 0 Å². The zero-order chi connectivity index (χ0) is 17.4. The number of rotatable bonds is 9. The minimum atomic E-state index is 0.785. The van der Waals surface area contributed by atoms with Gasteiger partial charge in [-0.1, -0.05) is 37.1 Å². The van der Waals surface area contributed by atoms with Gasteiger partial charge in [0, 0.05) is 30.5 Å². The van der Waals surface area contributed by atoms with Crippen molar-refractivity contribution in [1.29, 1.82) is 0 Å². The maximum absolute atomic E-state index is 5.75. The van der Waals surface area contributed by atoms with Gasteiger partial charge in [0.15, 0.2) is 0 Å². The predicted octanol–water partition coefficient (Wildman–Crippen LogP) is 5.31. The highest BCUT2D eigenvalue weighted by Crippen LogP contribution is 2.22. The molecule has 0 amide bonds. The lowest BCUT2D eigenvalue weighted by atomic mass is 10.1. The van der Waals surface area contributed by atoms with E-state index in [-0.39, 0.29) is 0 Å². The topological polar surface area (TPSA) is 33.3 Å². The molecule has 0 aliphatic carbocycles. The number of unbranched alkanes of at least 4 members (excludes halogenated alkanes) is 1. The molecule has 0 heterocycles. The maximum atomic E-state index is 5.75. The molecule has 2 aromatic rings. The van der Waals surface area contributed by atoms with Crippen molar-refractivity contribution >= 4 is 11.4 Å². The molecule has 0 aliphatic rings. The van der Waals surface area contributed by atoms with Gasteiger partial charge in [-0.2, -0.15) is 0 Å². The SMILES string of the molecule is CCCCOc1cccc(NCCNc2c(C)cc(C)cc2C)c1. The molecule has 24 heavy (non-hydrogen) atoms. The molecule has 0 atom stereocenters. The van der Waals surface area contributed by atoms with Crippen molar-refractivity contribution in [3.8, 4) is 5.75 Å². The van der Waals surface area contributed by atoms with E-state index >= 15 is 0 Å². The molecule has 0 saturated heterocycles. The summed E-state index contributed by atoms with van der Waals surface area (Å²) in [5.74, 6) is 0.937. The predicted molar refractivity (Wildman–Crippen MR) is 104 cm³/mol. The van der Waals surface area contributed by atoms with E-state index in [2.05, 4.69) is 62.6 Å². The van der Waals surface area contributed by atoms with Crippen LogP contribution in [0.25, 0.3) is 0 Å². The van der Waals surface area contributed by atoms with E-state index in [0.717, 1.165) is 44.0 Å². The molecule has 0 aromatic heterocycles. The van der Waals surface area contributed by atoms with E-state index in [4.69, 9.17) is 4.74 Å². The first kappa shape index (κ1) is 18.2. The van der Waals surface area contributed by atoms with Gasteiger partial charge < -0.3 is 15.4 Å². The van der Waals surface area contributed by atoms with Crippen LogP contribution in [0.5, 0.6) is 5.75 Å². The third-order valence-electron chi connectivity index (χ3n) is 4.03. The largest absolute Gasteiger partial charge is 0.494 e. The standard InChI is InChI=1S/C21H30N2O/c1-5-6-12-24-20-9-7-8-19(15-20)22-10-11-23-21-17(3)13-16(2)14-18(21)4/h7-9,13-15,22-23H,5-6,10-12H2,1-4H3. The van der Waals surface area contributed by atoms with E-state index in [1.54, 1.807) is 0 Å². The summed E-state index contributed by atoms with van der Waals surface area (Å²) in [5, 5.41) is 6.99. The van der Waals surface area contributed by atoms with Crippen molar-refractivity contribution in [1.82, 2.24) is 0 Å². The van der Waals surface area contributed by atoms with E-state index < -0.39 is 0 Å². The van der Waals surface area contributed by atoms with Gasteiger partial charge in [0.1, 0.15) is 5.75 Å². The fourth-order valence-electron chi connectivity index (χ4n) is 2.88. The molecule has 0 bridgehead atoms. The molecule has 0 radical (unpaired) electrons. The average molecular weight is 326 g/mol. The molecule has 0 unspecified atom stereocenters. The Balaban J connectivity index is 1.81. The highest BCUT2D eigenvalue weighted by molar-refractivity contribution is 5.58. The Bertz CT molecular complexity index is 629. The van der Waals surface area contributed by atoms with E-state index in [1.165, 1.54) is 22.4 Å². The first-order chi connectivity index (χ1) is 11.6. The smallest absolute Gasteiger partial charge is 0.121 e. The van der Waals surface area contributed by atoms with Crippen molar-refractivity contribution in [2.24, 2.45) is 0 Å². The summed E-state index contributed by atoms with van der Waals surface area (Å²) in [6, 6.07) is 12.6. The van der Waals surface area contributed by atoms with Crippen molar-refractivity contribution in [2.45, 2.75) is 40.5 Å². The van der Waals surface area contributed by atoms with Crippen LogP contribution in [0.3, 0.4) is 0 Å². The van der Waals surface area contributed by atoms with Gasteiger partial charge in [0.25, 0.3) is 0 Å². The Hall–Kier alpha value is -2.16. The molecule has 2 N–H and O–H groups in total. The molecule has 130 valence electrons. The molecule has 3 nitrogen and oxygen atoms in total. The second kappa shape index (κ2) is 9.21. The molecule has 0 aliphatic heterocycles. The lowest BCUT2D eigenvalue weighted by Gasteiger charge is -2.15. The number of anilines is 2. The molecular weight excluding hydrogens is 296 g/mol. The minimum absolute atomic E-state index is 0.785. The average Bonchev–Trinajstić information content (AvgIpc) is 2.54. The zero-order valence-electron chi connectivity index (χ0n) is 15.4. The van der Waals surface area contributed by atoms with Crippen LogP contribution in [0, 0.1) is 20.8 Å². The van der Waals surface area contributed by atoms with Crippen molar-refractivity contribution in [2.75, 3.05) is 30.3 Å². The first-order valence-corrected chi connectivity index (χ1v) is 8.88. The third kappa shape index (κ3) is 5.48. The number of hydrogen-bond acceptors (Lipinski definition) is 3. The van der Waals surface area contributed by atoms with Crippen molar-refractivity contribution < 1.29 is 4.74 Å².